The average Bonchev–Trinajstić information content (AvgIpc) is 2.97. The number of aromatic nitrogens is 5. The van der Waals surface area contributed by atoms with E-state index in [0.29, 0.717) is 12.2 Å². The molecule has 1 unspecified atom stereocenters. The van der Waals surface area contributed by atoms with Gasteiger partial charge in [-0.05, 0) is 43.9 Å². The summed E-state index contributed by atoms with van der Waals surface area (Å²) in [6, 6.07) is 0. The third kappa shape index (κ3) is 2.31. The van der Waals surface area contributed by atoms with Gasteiger partial charge in [-0.15, -0.1) is 15.0 Å². The van der Waals surface area contributed by atoms with Crippen LogP contribution >= 0.6 is 11.5 Å². The number of nitrogens with zero attached hydrogens (tertiary/aromatic N) is 5. The maximum absolute atomic E-state index is 11.5. The van der Waals surface area contributed by atoms with E-state index < -0.39 is 11.5 Å². The van der Waals surface area contributed by atoms with E-state index in [1.54, 1.807) is 6.92 Å². The van der Waals surface area contributed by atoms with Crippen molar-refractivity contribution < 1.29 is 9.90 Å². The molecule has 0 radical (unpaired) electrons. The first-order valence-corrected chi connectivity index (χ1v) is 7.14. The van der Waals surface area contributed by atoms with Crippen molar-refractivity contribution in [3.8, 4) is 11.4 Å². The van der Waals surface area contributed by atoms with Crippen LogP contribution in [-0.4, -0.2) is 35.7 Å². The Morgan fingerprint density at radius 1 is 1.45 bits per heavy atom. The van der Waals surface area contributed by atoms with Crippen LogP contribution in [-0.2, 0) is 10.3 Å². The Kier molecular flexibility index (Phi) is 3.85. The van der Waals surface area contributed by atoms with Gasteiger partial charge in [0.1, 0.15) is 0 Å². The van der Waals surface area contributed by atoms with Crippen LogP contribution in [0, 0.1) is 13.8 Å². The first-order valence-electron chi connectivity index (χ1n) is 6.37. The van der Waals surface area contributed by atoms with Gasteiger partial charge >= 0.3 is 5.97 Å². The molecule has 1 atom stereocenters. The molecule has 0 aliphatic rings. The molecule has 0 amide bonds. The van der Waals surface area contributed by atoms with Gasteiger partial charge in [-0.2, -0.15) is 4.37 Å². The molecule has 0 aliphatic heterocycles. The molecular weight excluding hydrogens is 278 g/mol. The maximum Gasteiger partial charge on any atom is 0.333 e. The van der Waals surface area contributed by atoms with Crippen LogP contribution in [0.25, 0.3) is 11.4 Å². The second-order valence-corrected chi connectivity index (χ2v) is 5.91. The van der Waals surface area contributed by atoms with E-state index in [0.717, 1.165) is 22.6 Å². The fourth-order valence-corrected chi connectivity index (χ4v) is 2.80. The maximum atomic E-state index is 11.5. The highest BCUT2D eigenvalue weighted by molar-refractivity contribution is 7.06. The van der Waals surface area contributed by atoms with Crippen molar-refractivity contribution in [1.29, 1.82) is 0 Å². The molecule has 0 aliphatic carbocycles. The number of tetrazole rings is 1. The summed E-state index contributed by atoms with van der Waals surface area (Å²) in [6.07, 6.45) is 1.16. The zero-order valence-corrected chi connectivity index (χ0v) is 12.7. The van der Waals surface area contributed by atoms with Crippen LogP contribution in [0.4, 0.5) is 0 Å². The topological polar surface area (TPSA) is 93.8 Å². The summed E-state index contributed by atoms with van der Waals surface area (Å²) in [6.45, 7) is 7.34. The summed E-state index contributed by atoms with van der Waals surface area (Å²) in [4.78, 5) is 13.7. The number of hydrogen-bond donors (Lipinski definition) is 1. The second kappa shape index (κ2) is 5.28. The molecule has 2 rings (SSSR count). The first kappa shape index (κ1) is 14.6. The van der Waals surface area contributed by atoms with Gasteiger partial charge in [0.2, 0.25) is 5.82 Å². The second-order valence-electron chi connectivity index (χ2n) is 4.93. The quantitative estimate of drug-likeness (QED) is 0.906. The van der Waals surface area contributed by atoms with E-state index in [1.165, 1.54) is 16.3 Å². The fraction of sp³-hybridized carbons (Fsp3) is 0.583. The minimum Gasteiger partial charge on any atom is -0.479 e. The lowest BCUT2D eigenvalue weighted by molar-refractivity contribution is -0.148. The van der Waals surface area contributed by atoms with Crippen molar-refractivity contribution in [2.24, 2.45) is 0 Å². The van der Waals surface area contributed by atoms with Crippen LogP contribution in [0.15, 0.2) is 0 Å². The predicted molar refractivity (Wildman–Crippen MR) is 74.6 cm³/mol. The highest BCUT2D eigenvalue weighted by atomic mass is 32.1. The van der Waals surface area contributed by atoms with Gasteiger partial charge in [0.05, 0.1) is 11.3 Å². The number of aryl methyl sites for hydroxylation is 2. The summed E-state index contributed by atoms with van der Waals surface area (Å²) in [5, 5.41) is 21.6. The van der Waals surface area contributed by atoms with Crippen molar-refractivity contribution in [2.75, 3.05) is 0 Å². The lowest BCUT2D eigenvalue weighted by Gasteiger charge is -2.22. The van der Waals surface area contributed by atoms with Crippen molar-refractivity contribution in [3.63, 3.8) is 0 Å². The minimum absolute atomic E-state index is 0.428. The summed E-state index contributed by atoms with van der Waals surface area (Å²) in [5.74, 6) is -0.530. The van der Waals surface area contributed by atoms with Gasteiger partial charge < -0.3 is 5.11 Å². The number of carbonyl (C=O) groups is 1. The summed E-state index contributed by atoms with van der Waals surface area (Å²) < 4.78 is 4.24. The van der Waals surface area contributed by atoms with E-state index in [9.17, 15) is 9.90 Å². The SMILES string of the molecule is CCCC(C)(C(=O)O)n1nnc(-c2c(C)nsc2C)n1. The van der Waals surface area contributed by atoms with Gasteiger partial charge in [-0.1, -0.05) is 13.3 Å². The number of rotatable bonds is 5. The molecule has 1 N–H and O–H groups in total. The molecule has 7 nitrogen and oxygen atoms in total. The number of hydrogen-bond acceptors (Lipinski definition) is 6. The molecular formula is C12H17N5O2S. The minimum atomic E-state index is -1.18. The van der Waals surface area contributed by atoms with E-state index in [2.05, 4.69) is 19.8 Å². The van der Waals surface area contributed by atoms with Gasteiger partial charge in [0.25, 0.3) is 0 Å². The fourth-order valence-electron chi connectivity index (χ4n) is 2.11. The zero-order chi connectivity index (χ0) is 14.9. The van der Waals surface area contributed by atoms with Crippen molar-refractivity contribution in [2.45, 2.75) is 46.1 Å². The highest BCUT2D eigenvalue weighted by Crippen LogP contribution is 2.27. The molecule has 2 aromatic heterocycles. The Bertz CT molecular complexity index is 616. The standard InChI is InChI=1S/C12H17N5O2S/c1-5-6-12(4,11(18)19)17-14-10(13-16-17)9-7(2)15-20-8(9)3/h5-6H2,1-4H3,(H,18,19). The number of aliphatic carboxylic acids is 1. The van der Waals surface area contributed by atoms with Crippen molar-refractivity contribution >= 4 is 17.5 Å². The van der Waals surface area contributed by atoms with E-state index in [-0.39, 0.29) is 0 Å². The van der Waals surface area contributed by atoms with Gasteiger partial charge in [-0.25, -0.2) is 4.79 Å². The van der Waals surface area contributed by atoms with Crippen molar-refractivity contribution in [3.05, 3.63) is 10.6 Å². The smallest absolute Gasteiger partial charge is 0.333 e. The Morgan fingerprint density at radius 2 is 2.15 bits per heavy atom. The third-order valence-corrected chi connectivity index (χ3v) is 4.15. The largest absolute Gasteiger partial charge is 0.479 e. The lowest BCUT2D eigenvalue weighted by atomic mass is 9.97. The Hall–Kier alpha value is -1.83. The third-order valence-electron chi connectivity index (χ3n) is 3.31. The monoisotopic (exact) mass is 295 g/mol. The van der Waals surface area contributed by atoms with Crippen LogP contribution in [0.5, 0.6) is 0 Å². The summed E-state index contributed by atoms with van der Waals surface area (Å²) in [5.41, 5.74) is 0.496. The van der Waals surface area contributed by atoms with Crippen LogP contribution in [0.3, 0.4) is 0 Å². The summed E-state index contributed by atoms with van der Waals surface area (Å²) in [7, 11) is 0. The van der Waals surface area contributed by atoms with E-state index in [1.807, 2.05) is 20.8 Å². The van der Waals surface area contributed by atoms with Crippen LogP contribution < -0.4 is 0 Å². The lowest BCUT2D eigenvalue weighted by Crippen LogP contribution is -2.40. The Balaban J connectivity index is 2.45. The molecule has 0 fully saturated rings. The highest BCUT2D eigenvalue weighted by Gasteiger charge is 2.37. The molecule has 108 valence electrons. The average molecular weight is 295 g/mol. The predicted octanol–water partition coefficient (Wildman–Crippen LogP) is 2.01. The molecule has 0 saturated heterocycles. The number of carboxylic acids is 1. The Morgan fingerprint density at radius 3 is 2.65 bits per heavy atom. The normalized spacial score (nSPS) is 14.2. The van der Waals surface area contributed by atoms with Gasteiger partial charge in [-0.3, -0.25) is 0 Å². The van der Waals surface area contributed by atoms with Gasteiger partial charge in [0, 0.05) is 4.88 Å². The Labute approximate surface area is 120 Å². The van der Waals surface area contributed by atoms with Crippen molar-refractivity contribution in [1.82, 2.24) is 24.6 Å². The molecule has 8 heteroatoms. The first-order chi connectivity index (χ1) is 9.40. The zero-order valence-electron chi connectivity index (χ0n) is 11.9. The summed E-state index contributed by atoms with van der Waals surface area (Å²) >= 11 is 1.38. The molecule has 0 bridgehead atoms. The molecule has 0 spiro atoms. The molecule has 0 aromatic carbocycles. The van der Waals surface area contributed by atoms with E-state index >= 15 is 0 Å². The molecule has 2 heterocycles. The number of carboxylic acid groups (broad SMARTS) is 1. The van der Waals surface area contributed by atoms with Crippen LogP contribution in [0.1, 0.15) is 37.3 Å². The molecule has 2 aromatic rings. The van der Waals surface area contributed by atoms with E-state index in [4.69, 9.17) is 0 Å². The van der Waals surface area contributed by atoms with Crippen LogP contribution in [0.2, 0.25) is 0 Å². The molecule has 0 saturated carbocycles. The van der Waals surface area contributed by atoms with Gasteiger partial charge in [0.15, 0.2) is 5.54 Å². The molecule has 20 heavy (non-hydrogen) atoms.